The van der Waals surface area contributed by atoms with Gasteiger partial charge in [-0.2, -0.15) is 0 Å². The normalized spacial score (nSPS) is 12.5. The number of fused-ring (bicyclic) bond motifs is 3. The molecule has 0 amide bonds. The van der Waals surface area contributed by atoms with Crippen molar-refractivity contribution in [2.45, 2.75) is 37.3 Å². The molecule has 26 heavy (non-hydrogen) atoms. The summed E-state index contributed by atoms with van der Waals surface area (Å²) < 4.78 is 5.70. The van der Waals surface area contributed by atoms with Crippen LogP contribution in [0.25, 0.3) is 11.3 Å². The molecular weight excluding hydrogens is 344 g/mol. The first kappa shape index (κ1) is 17.0. The maximum atomic E-state index is 12.6. The van der Waals surface area contributed by atoms with Gasteiger partial charge in [-0.05, 0) is 49.4 Å². The van der Waals surface area contributed by atoms with Gasteiger partial charge in [-0.1, -0.05) is 42.0 Å². The van der Waals surface area contributed by atoms with Crippen LogP contribution in [-0.2, 0) is 18.6 Å². The van der Waals surface area contributed by atoms with Gasteiger partial charge in [-0.3, -0.25) is 0 Å². The fourth-order valence-corrected chi connectivity index (χ4v) is 4.55. The molecule has 3 nitrogen and oxygen atoms in total. The predicted octanol–water partition coefficient (Wildman–Crippen LogP) is 5.02. The fraction of sp³-hybridized carbons (Fsp3) is 0.227. The summed E-state index contributed by atoms with van der Waals surface area (Å²) in [6.45, 7) is 4.11. The number of aryl methyl sites for hydroxylation is 2. The first-order valence-corrected chi connectivity index (χ1v) is 9.69. The average molecular weight is 364 g/mol. The van der Waals surface area contributed by atoms with Gasteiger partial charge in [0.1, 0.15) is 16.4 Å². The van der Waals surface area contributed by atoms with Crippen molar-refractivity contribution in [2.24, 2.45) is 0 Å². The lowest BCUT2D eigenvalue weighted by atomic mass is 9.86. The number of benzene rings is 2. The molecule has 0 radical (unpaired) electrons. The lowest BCUT2D eigenvalue weighted by molar-refractivity contribution is 0.418. The second-order valence-electron chi connectivity index (χ2n) is 6.76. The number of rotatable bonds is 3. The molecule has 1 aliphatic rings. The van der Waals surface area contributed by atoms with Gasteiger partial charge in [-0.15, -0.1) is 11.8 Å². The number of aromatic hydroxyl groups is 1. The van der Waals surface area contributed by atoms with Crippen molar-refractivity contribution in [2.75, 3.05) is 0 Å². The third-order valence-corrected chi connectivity index (χ3v) is 5.99. The molecule has 132 valence electrons. The van der Waals surface area contributed by atoms with Crippen LogP contribution in [0.3, 0.4) is 0 Å². The Morgan fingerprint density at radius 3 is 2.58 bits per heavy atom. The third kappa shape index (κ3) is 2.95. The smallest absolute Gasteiger partial charge is 0.353 e. The number of hydrogen-bond donors (Lipinski definition) is 1. The minimum absolute atomic E-state index is 0.0852. The largest absolute Gasteiger partial charge is 0.506 e. The van der Waals surface area contributed by atoms with Crippen LogP contribution in [0.5, 0.6) is 5.75 Å². The summed E-state index contributed by atoms with van der Waals surface area (Å²) in [5.41, 5.74) is 5.86. The average Bonchev–Trinajstić information content (AvgIpc) is 2.62. The second kappa shape index (κ2) is 6.69. The molecule has 4 rings (SSSR count). The van der Waals surface area contributed by atoms with Gasteiger partial charge in [0.05, 0.1) is 0 Å². The van der Waals surface area contributed by atoms with Crippen molar-refractivity contribution in [3.05, 3.63) is 80.7 Å². The van der Waals surface area contributed by atoms with E-state index in [1.165, 1.54) is 22.9 Å². The SMILES string of the molecule is Cc1cc(C)c2c(c1)-c1oc(=O)c(SCc3ccccc3)c(O)c1CC2. The highest BCUT2D eigenvalue weighted by Crippen LogP contribution is 2.42. The minimum atomic E-state index is -0.464. The highest BCUT2D eigenvalue weighted by Gasteiger charge is 2.26. The summed E-state index contributed by atoms with van der Waals surface area (Å²) in [6, 6.07) is 14.1. The van der Waals surface area contributed by atoms with E-state index in [0.29, 0.717) is 22.8 Å². The molecule has 4 heteroatoms. The lowest BCUT2D eigenvalue weighted by Crippen LogP contribution is -2.12. The summed E-state index contributed by atoms with van der Waals surface area (Å²) in [4.78, 5) is 12.9. The van der Waals surface area contributed by atoms with E-state index in [2.05, 4.69) is 13.0 Å². The second-order valence-corrected chi connectivity index (χ2v) is 7.74. The van der Waals surface area contributed by atoms with E-state index in [4.69, 9.17) is 4.42 Å². The Bertz CT molecular complexity index is 1040. The zero-order valence-corrected chi connectivity index (χ0v) is 15.7. The van der Waals surface area contributed by atoms with Gasteiger partial charge < -0.3 is 9.52 Å². The van der Waals surface area contributed by atoms with E-state index in [9.17, 15) is 9.90 Å². The molecule has 0 atom stereocenters. The summed E-state index contributed by atoms with van der Waals surface area (Å²) in [7, 11) is 0. The lowest BCUT2D eigenvalue weighted by Gasteiger charge is -2.22. The van der Waals surface area contributed by atoms with Crippen molar-refractivity contribution < 1.29 is 9.52 Å². The van der Waals surface area contributed by atoms with Gasteiger partial charge in [0.25, 0.3) is 0 Å². The zero-order chi connectivity index (χ0) is 18.3. The van der Waals surface area contributed by atoms with Crippen LogP contribution >= 0.6 is 11.8 Å². The molecule has 0 saturated carbocycles. The van der Waals surface area contributed by atoms with Gasteiger partial charge in [0.2, 0.25) is 0 Å². The van der Waals surface area contributed by atoms with Crippen LogP contribution in [0.2, 0.25) is 0 Å². The number of thioether (sulfide) groups is 1. The summed E-state index contributed by atoms with van der Waals surface area (Å²) in [5, 5.41) is 10.8. The standard InChI is InChI=1S/C22H20O3S/c1-13-10-14(2)16-8-9-17-19(23)21(22(24)25-20(17)18(16)11-13)26-12-15-6-4-3-5-7-15/h3-7,10-11,23H,8-9,12H2,1-2H3. The molecule has 1 heterocycles. The van der Waals surface area contributed by atoms with Crippen molar-refractivity contribution in [3.8, 4) is 17.1 Å². The van der Waals surface area contributed by atoms with Gasteiger partial charge in [0, 0.05) is 16.9 Å². The van der Waals surface area contributed by atoms with Crippen LogP contribution in [0.1, 0.15) is 27.8 Å². The minimum Gasteiger partial charge on any atom is -0.506 e. The van der Waals surface area contributed by atoms with E-state index in [-0.39, 0.29) is 5.75 Å². The molecule has 0 spiro atoms. The van der Waals surface area contributed by atoms with E-state index in [0.717, 1.165) is 28.7 Å². The summed E-state index contributed by atoms with van der Waals surface area (Å²) in [5.74, 6) is 1.24. The molecule has 0 bridgehead atoms. The van der Waals surface area contributed by atoms with E-state index >= 15 is 0 Å². The molecule has 1 N–H and O–H groups in total. The quantitative estimate of drug-likeness (QED) is 0.663. The van der Waals surface area contributed by atoms with E-state index in [1.54, 1.807) is 0 Å². The van der Waals surface area contributed by atoms with E-state index in [1.807, 2.05) is 43.3 Å². The Kier molecular flexibility index (Phi) is 4.37. The molecule has 0 unspecified atom stereocenters. The van der Waals surface area contributed by atoms with Crippen LogP contribution in [0, 0.1) is 13.8 Å². The van der Waals surface area contributed by atoms with Gasteiger partial charge in [-0.25, -0.2) is 4.79 Å². The summed E-state index contributed by atoms with van der Waals surface area (Å²) in [6.07, 6.45) is 1.53. The van der Waals surface area contributed by atoms with Crippen LogP contribution < -0.4 is 5.63 Å². The topological polar surface area (TPSA) is 50.4 Å². The monoisotopic (exact) mass is 364 g/mol. The highest BCUT2D eigenvalue weighted by molar-refractivity contribution is 7.98. The van der Waals surface area contributed by atoms with Crippen LogP contribution in [-0.4, -0.2) is 5.11 Å². The Morgan fingerprint density at radius 2 is 1.81 bits per heavy atom. The highest BCUT2D eigenvalue weighted by atomic mass is 32.2. The van der Waals surface area contributed by atoms with Gasteiger partial charge >= 0.3 is 5.63 Å². The Morgan fingerprint density at radius 1 is 1.08 bits per heavy atom. The zero-order valence-electron chi connectivity index (χ0n) is 14.8. The van der Waals surface area contributed by atoms with Crippen LogP contribution in [0.4, 0.5) is 0 Å². The fourth-order valence-electron chi connectivity index (χ4n) is 3.63. The molecular formula is C22H20O3S. The van der Waals surface area contributed by atoms with Crippen LogP contribution in [0.15, 0.2) is 56.6 Å². The molecule has 0 saturated heterocycles. The first-order chi connectivity index (χ1) is 12.5. The van der Waals surface area contributed by atoms with Crippen molar-refractivity contribution in [3.63, 3.8) is 0 Å². The Balaban J connectivity index is 1.76. The Labute approximate surface area is 156 Å². The molecule has 1 aromatic heterocycles. The Hall–Kier alpha value is -2.46. The third-order valence-electron chi connectivity index (χ3n) is 4.87. The first-order valence-electron chi connectivity index (χ1n) is 8.70. The van der Waals surface area contributed by atoms with Gasteiger partial charge in [0.15, 0.2) is 0 Å². The van der Waals surface area contributed by atoms with Crippen molar-refractivity contribution in [1.29, 1.82) is 0 Å². The summed E-state index contributed by atoms with van der Waals surface area (Å²) >= 11 is 1.33. The molecule has 1 aliphatic carbocycles. The molecule has 3 aromatic rings. The molecule has 0 aliphatic heterocycles. The number of hydrogen-bond acceptors (Lipinski definition) is 4. The predicted molar refractivity (Wildman–Crippen MR) is 105 cm³/mol. The molecule has 0 fully saturated rings. The van der Waals surface area contributed by atoms with E-state index < -0.39 is 5.63 Å². The maximum Gasteiger partial charge on any atom is 0.353 e. The molecule has 2 aromatic carbocycles. The maximum absolute atomic E-state index is 12.6. The van der Waals surface area contributed by atoms with Crippen molar-refractivity contribution >= 4 is 11.8 Å². The van der Waals surface area contributed by atoms with Crippen molar-refractivity contribution in [1.82, 2.24) is 0 Å².